The minimum Gasteiger partial charge on any atom is -0.330 e. The van der Waals surface area contributed by atoms with Crippen molar-refractivity contribution in [2.75, 3.05) is 20.1 Å². The van der Waals surface area contributed by atoms with Crippen molar-refractivity contribution >= 4 is 6.29 Å². The van der Waals surface area contributed by atoms with Crippen LogP contribution in [0.15, 0.2) is 0 Å². The maximum Gasteiger partial charge on any atom is 0.133 e. The second-order valence-electron chi connectivity index (χ2n) is 2.22. The van der Waals surface area contributed by atoms with Crippen molar-refractivity contribution in [3.63, 3.8) is 0 Å². The fraction of sp³-hybridized carbons (Fsp3) is 0.875. The molecule has 0 rings (SSSR count). The molecule has 0 saturated heterocycles. The lowest BCUT2D eigenvalue weighted by Gasteiger charge is -1.86. The minimum absolute atomic E-state index is 0.458. The van der Waals surface area contributed by atoms with Gasteiger partial charge in [0.05, 0.1) is 6.54 Å². The van der Waals surface area contributed by atoms with Crippen LogP contribution in [-0.2, 0) is 4.79 Å². The number of nitrogens with one attached hydrogen (secondary N) is 1. The Balaban J connectivity index is 0. The average Bonchev–Trinajstić information content (AvgIpc) is 2.04. The SMILES string of the molecule is CCCCCN.CNCC=O. The fourth-order valence-electron chi connectivity index (χ4n) is 0.478. The smallest absolute Gasteiger partial charge is 0.133 e. The predicted molar refractivity (Wildman–Crippen MR) is 48.6 cm³/mol. The maximum absolute atomic E-state index is 9.34. The molecule has 0 aromatic heterocycles. The standard InChI is InChI=1S/C5H13N.C3H7NO/c1-2-3-4-5-6;1-4-2-3-5/h2-6H2,1H3;3-4H,2H2,1H3. The molecule has 0 aromatic carbocycles. The molecule has 0 saturated carbocycles. The maximum atomic E-state index is 9.34. The van der Waals surface area contributed by atoms with Crippen molar-refractivity contribution in [2.45, 2.75) is 26.2 Å². The number of rotatable bonds is 5. The van der Waals surface area contributed by atoms with E-state index in [1.54, 1.807) is 7.05 Å². The van der Waals surface area contributed by atoms with Crippen molar-refractivity contribution in [1.29, 1.82) is 0 Å². The van der Waals surface area contributed by atoms with Crippen molar-refractivity contribution in [2.24, 2.45) is 5.73 Å². The molecule has 68 valence electrons. The van der Waals surface area contributed by atoms with E-state index in [0.29, 0.717) is 6.54 Å². The topological polar surface area (TPSA) is 55.1 Å². The zero-order valence-corrected chi connectivity index (χ0v) is 7.60. The van der Waals surface area contributed by atoms with Crippen LogP contribution in [0.1, 0.15) is 26.2 Å². The largest absolute Gasteiger partial charge is 0.330 e. The Morgan fingerprint density at radius 1 is 1.45 bits per heavy atom. The van der Waals surface area contributed by atoms with Gasteiger partial charge in [0.15, 0.2) is 0 Å². The first-order valence-electron chi connectivity index (χ1n) is 4.11. The molecule has 0 amide bonds. The molecule has 0 bridgehead atoms. The van der Waals surface area contributed by atoms with Crippen LogP contribution in [0.5, 0.6) is 0 Å². The van der Waals surface area contributed by atoms with Crippen molar-refractivity contribution in [1.82, 2.24) is 5.32 Å². The Labute approximate surface area is 69.4 Å². The van der Waals surface area contributed by atoms with Crippen LogP contribution in [0, 0.1) is 0 Å². The molecule has 0 unspecified atom stereocenters. The summed E-state index contributed by atoms with van der Waals surface area (Å²) in [5, 5.41) is 2.65. The van der Waals surface area contributed by atoms with E-state index < -0.39 is 0 Å². The van der Waals surface area contributed by atoms with Gasteiger partial charge < -0.3 is 15.8 Å². The Bertz CT molecular complexity index is 63.1. The highest BCUT2D eigenvalue weighted by atomic mass is 16.1. The first-order chi connectivity index (χ1) is 5.33. The summed E-state index contributed by atoms with van der Waals surface area (Å²) in [4.78, 5) is 9.34. The number of nitrogens with two attached hydrogens (primary N) is 1. The molecular weight excluding hydrogens is 140 g/mol. The summed E-state index contributed by atoms with van der Waals surface area (Å²) >= 11 is 0. The zero-order chi connectivity index (χ0) is 8.95. The molecular formula is C8H20N2O. The molecule has 3 heteroatoms. The second kappa shape index (κ2) is 16.3. The molecule has 11 heavy (non-hydrogen) atoms. The van der Waals surface area contributed by atoms with E-state index in [1.165, 1.54) is 19.3 Å². The van der Waals surface area contributed by atoms with E-state index in [0.717, 1.165) is 12.8 Å². The summed E-state index contributed by atoms with van der Waals surface area (Å²) in [6.07, 6.45) is 4.57. The van der Waals surface area contributed by atoms with E-state index in [-0.39, 0.29) is 0 Å². The number of aldehydes is 1. The van der Waals surface area contributed by atoms with Gasteiger partial charge in [-0.1, -0.05) is 19.8 Å². The van der Waals surface area contributed by atoms with Crippen LogP contribution in [0.3, 0.4) is 0 Å². The minimum atomic E-state index is 0.458. The van der Waals surface area contributed by atoms with E-state index in [2.05, 4.69) is 12.2 Å². The number of carbonyl (C=O) groups excluding carboxylic acids is 1. The summed E-state index contributed by atoms with van der Waals surface area (Å²) in [7, 11) is 1.73. The molecule has 0 aliphatic rings. The van der Waals surface area contributed by atoms with E-state index >= 15 is 0 Å². The lowest BCUT2D eigenvalue weighted by atomic mass is 10.3. The summed E-state index contributed by atoms with van der Waals surface area (Å²) in [6, 6.07) is 0. The Morgan fingerprint density at radius 2 is 2.09 bits per heavy atom. The molecule has 0 aliphatic carbocycles. The Hall–Kier alpha value is -0.410. The Morgan fingerprint density at radius 3 is 2.18 bits per heavy atom. The van der Waals surface area contributed by atoms with Gasteiger partial charge in [-0.3, -0.25) is 0 Å². The lowest BCUT2D eigenvalue weighted by Crippen LogP contribution is -2.07. The van der Waals surface area contributed by atoms with Crippen LogP contribution in [-0.4, -0.2) is 26.4 Å². The molecule has 0 aliphatic heterocycles. The first kappa shape index (κ1) is 13.2. The third-order valence-corrected chi connectivity index (χ3v) is 1.10. The van der Waals surface area contributed by atoms with Crippen LogP contribution >= 0.6 is 0 Å². The predicted octanol–water partition coefficient (Wildman–Crippen LogP) is 0.540. The second-order valence-corrected chi connectivity index (χ2v) is 2.22. The van der Waals surface area contributed by atoms with E-state index in [1.807, 2.05) is 0 Å². The number of hydrogen-bond acceptors (Lipinski definition) is 3. The van der Waals surface area contributed by atoms with Gasteiger partial charge in [-0.25, -0.2) is 0 Å². The van der Waals surface area contributed by atoms with Gasteiger partial charge in [-0.05, 0) is 20.0 Å². The molecule has 0 aromatic rings. The van der Waals surface area contributed by atoms with Crippen molar-refractivity contribution < 1.29 is 4.79 Å². The third-order valence-electron chi connectivity index (χ3n) is 1.10. The van der Waals surface area contributed by atoms with Crippen molar-refractivity contribution in [3.8, 4) is 0 Å². The summed E-state index contributed by atoms with van der Waals surface area (Å²) in [5.41, 5.74) is 5.21. The van der Waals surface area contributed by atoms with Gasteiger partial charge in [0.25, 0.3) is 0 Å². The van der Waals surface area contributed by atoms with Gasteiger partial charge in [0.1, 0.15) is 6.29 Å². The number of unbranched alkanes of at least 4 members (excludes halogenated alkanes) is 2. The first-order valence-corrected chi connectivity index (χ1v) is 4.11. The van der Waals surface area contributed by atoms with Gasteiger partial charge in [-0.15, -0.1) is 0 Å². The van der Waals surface area contributed by atoms with Gasteiger partial charge in [-0.2, -0.15) is 0 Å². The highest BCUT2D eigenvalue weighted by Crippen LogP contribution is 1.88. The number of carbonyl (C=O) groups is 1. The highest BCUT2D eigenvalue weighted by molar-refractivity contribution is 5.51. The molecule has 3 nitrogen and oxygen atoms in total. The van der Waals surface area contributed by atoms with E-state index in [9.17, 15) is 4.79 Å². The van der Waals surface area contributed by atoms with Crippen LogP contribution in [0.2, 0.25) is 0 Å². The fourth-order valence-corrected chi connectivity index (χ4v) is 0.478. The normalized spacial score (nSPS) is 8.27. The van der Waals surface area contributed by atoms with Crippen molar-refractivity contribution in [3.05, 3.63) is 0 Å². The Kier molecular flexibility index (Phi) is 19.6. The summed E-state index contributed by atoms with van der Waals surface area (Å²) < 4.78 is 0. The molecule has 0 radical (unpaired) electrons. The lowest BCUT2D eigenvalue weighted by molar-refractivity contribution is -0.107. The highest BCUT2D eigenvalue weighted by Gasteiger charge is 1.75. The molecule has 3 N–H and O–H groups in total. The molecule has 0 heterocycles. The molecule has 0 atom stereocenters. The average molecular weight is 160 g/mol. The number of likely N-dealkylation sites (N-methyl/N-ethyl adjacent to an activating group) is 1. The van der Waals surface area contributed by atoms with E-state index in [4.69, 9.17) is 5.73 Å². The quantitative estimate of drug-likeness (QED) is 0.456. The van der Waals surface area contributed by atoms with Gasteiger partial charge in [0.2, 0.25) is 0 Å². The monoisotopic (exact) mass is 160 g/mol. The van der Waals surface area contributed by atoms with Crippen LogP contribution in [0.25, 0.3) is 0 Å². The molecule has 0 fully saturated rings. The third kappa shape index (κ3) is 26.2. The summed E-state index contributed by atoms with van der Waals surface area (Å²) in [5.74, 6) is 0. The zero-order valence-electron chi connectivity index (χ0n) is 7.60. The van der Waals surface area contributed by atoms with Gasteiger partial charge in [0, 0.05) is 0 Å². The van der Waals surface area contributed by atoms with Crippen LogP contribution < -0.4 is 11.1 Å². The molecule has 0 spiro atoms. The van der Waals surface area contributed by atoms with Gasteiger partial charge >= 0.3 is 0 Å². The number of hydrogen-bond donors (Lipinski definition) is 2. The van der Waals surface area contributed by atoms with Crippen LogP contribution in [0.4, 0.5) is 0 Å². The summed E-state index contributed by atoms with van der Waals surface area (Å²) in [6.45, 7) is 3.49.